The minimum Gasteiger partial charge on any atom is -0.465 e. The van der Waals surface area contributed by atoms with Crippen LogP contribution in [0.25, 0.3) is 0 Å². The third-order valence-corrected chi connectivity index (χ3v) is 4.92. The SMILES string of the molecule is CCCN(C1CCNCC1)S(=O)(=O)CC(=O)OCC. The molecule has 0 spiro atoms. The Balaban J connectivity index is 2.74. The smallest absolute Gasteiger partial charge is 0.322 e. The molecule has 0 bridgehead atoms. The van der Waals surface area contributed by atoms with Crippen molar-refractivity contribution in [2.45, 2.75) is 39.2 Å². The van der Waals surface area contributed by atoms with E-state index < -0.39 is 21.7 Å². The van der Waals surface area contributed by atoms with Gasteiger partial charge >= 0.3 is 5.97 Å². The van der Waals surface area contributed by atoms with E-state index in [4.69, 9.17) is 4.74 Å². The zero-order valence-electron chi connectivity index (χ0n) is 11.7. The number of sulfonamides is 1. The molecule has 1 rings (SSSR count). The molecule has 1 N–H and O–H groups in total. The number of nitrogens with zero attached hydrogens (tertiary/aromatic N) is 1. The van der Waals surface area contributed by atoms with E-state index in [9.17, 15) is 13.2 Å². The number of hydrogen-bond acceptors (Lipinski definition) is 5. The van der Waals surface area contributed by atoms with E-state index in [1.165, 1.54) is 4.31 Å². The summed E-state index contributed by atoms with van der Waals surface area (Å²) < 4.78 is 30.8. The number of esters is 1. The van der Waals surface area contributed by atoms with E-state index in [0.717, 1.165) is 32.4 Å². The molecular weight excluding hydrogens is 268 g/mol. The number of hydrogen-bond donors (Lipinski definition) is 1. The van der Waals surface area contributed by atoms with Crippen molar-refractivity contribution in [2.75, 3.05) is 32.0 Å². The van der Waals surface area contributed by atoms with E-state index >= 15 is 0 Å². The lowest BCUT2D eigenvalue weighted by atomic mass is 10.1. The standard InChI is InChI=1S/C12H24N2O4S/c1-3-9-14(11-5-7-13-8-6-11)19(16,17)10-12(15)18-4-2/h11,13H,3-10H2,1-2H3. The monoisotopic (exact) mass is 292 g/mol. The van der Waals surface area contributed by atoms with Crippen LogP contribution in [0.2, 0.25) is 0 Å². The highest BCUT2D eigenvalue weighted by molar-refractivity contribution is 7.89. The largest absolute Gasteiger partial charge is 0.465 e. The van der Waals surface area contributed by atoms with E-state index in [1.54, 1.807) is 6.92 Å². The zero-order valence-corrected chi connectivity index (χ0v) is 12.5. The fourth-order valence-electron chi connectivity index (χ4n) is 2.30. The number of rotatable bonds is 7. The van der Waals surface area contributed by atoms with Gasteiger partial charge in [-0.1, -0.05) is 6.92 Å². The van der Waals surface area contributed by atoms with Gasteiger partial charge in [0.15, 0.2) is 5.75 Å². The molecule has 1 fully saturated rings. The van der Waals surface area contributed by atoms with Crippen LogP contribution in [0.5, 0.6) is 0 Å². The van der Waals surface area contributed by atoms with Gasteiger partial charge in [-0.15, -0.1) is 0 Å². The Morgan fingerprint density at radius 1 is 1.32 bits per heavy atom. The molecule has 0 aromatic heterocycles. The minimum absolute atomic E-state index is 0.000580. The third-order valence-electron chi connectivity index (χ3n) is 3.12. The molecule has 6 nitrogen and oxygen atoms in total. The lowest BCUT2D eigenvalue weighted by molar-refractivity contribution is -0.140. The maximum absolute atomic E-state index is 12.3. The molecule has 7 heteroatoms. The molecule has 1 aliphatic rings. The molecule has 0 radical (unpaired) electrons. The molecule has 112 valence electrons. The van der Waals surface area contributed by atoms with Gasteiger partial charge in [-0.05, 0) is 39.3 Å². The number of carbonyl (C=O) groups excluding carboxylic acids is 1. The first kappa shape index (κ1) is 16.4. The summed E-state index contributed by atoms with van der Waals surface area (Å²) in [6.07, 6.45) is 2.33. The van der Waals surface area contributed by atoms with Crippen LogP contribution in [0, 0.1) is 0 Å². The van der Waals surface area contributed by atoms with Gasteiger partial charge < -0.3 is 10.1 Å². The average molecular weight is 292 g/mol. The molecule has 0 unspecified atom stereocenters. The lowest BCUT2D eigenvalue weighted by Crippen LogP contribution is -2.48. The first-order valence-electron chi connectivity index (χ1n) is 6.87. The molecule has 1 heterocycles. The summed E-state index contributed by atoms with van der Waals surface area (Å²) in [5.41, 5.74) is 0. The van der Waals surface area contributed by atoms with Gasteiger partial charge in [-0.3, -0.25) is 4.79 Å². The molecule has 1 aliphatic heterocycles. The molecule has 0 aromatic rings. The highest BCUT2D eigenvalue weighted by atomic mass is 32.2. The second kappa shape index (κ2) is 7.81. The fourth-order valence-corrected chi connectivity index (χ4v) is 3.97. The summed E-state index contributed by atoms with van der Waals surface area (Å²) in [7, 11) is -3.57. The molecule has 0 atom stereocenters. The van der Waals surface area contributed by atoms with E-state index in [2.05, 4.69) is 5.32 Å². The summed E-state index contributed by atoms with van der Waals surface area (Å²) in [5.74, 6) is -1.22. The summed E-state index contributed by atoms with van der Waals surface area (Å²) in [5, 5.41) is 3.21. The van der Waals surface area contributed by atoms with E-state index in [0.29, 0.717) is 6.54 Å². The predicted molar refractivity (Wildman–Crippen MR) is 73.3 cm³/mol. The van der Waals surface area contributed by atoms with Crippen molar-refractivity contribution in [1.82, 2.24) is 9.62 Å². The Kier molecular flexibility index (Phi) is 6.74. The Morgan fingerprint density at radius 2 is 1.95 bits per heavy atom. The highest BCUT2D eigenvalue weighted by Gasteiger charge is 2.32. The van der Waals surface area contributed by atoms with Crippen LogP contribution < -0.4 is 5.32 Å². The molecule has 0 aromatic carbocycles. The fraction of sp³-hybridized carbons (Fsp3) is 0.917. The van der Waals surface area contributed by atoms with Gasteiger partial charge in [0.2, 0.25) is 10.0 Å². The van der Waals surface area contributed by atoms with Crippen LogP contribution in [0.4, 0.5) is 0 Å². The van der Waals surface area contributed by atoms with Crippen LogP contribution >= 0.6 is 0 Å². The van der Waals surface area contributed by atoms with Crippen molar-refractivity contribution in [1.29, 1.82) is 0 Å². The van der Waals surface area contributed by atoms with Gasteiger partial charge in [0.25, 0.3) is 0 Å². The van der Waals surface area contributed by atoms with Crippen LogP contribution in [-0.2, 0) is 19.6 Å². The molecule has 0 aliphatic carbocycles. The first-order chi connectivity index (χ1) is 9.01. The third kappa shape index (κ3) is 5.08. The summed E-state index contributed by atoms with van der Waals surface area (Å²) in [4.78, 5) is 11.4. The number of carbonyl (C=O) groups is 1. The highest BCUT2D eigenvalue weighted by Crippen LogP contribution is 2.17. The Hall–Kier alpha value is -0.660. The second-order valence-corrected chi connectivity index (χ2v) is 6.57. The average Bonchev–Trinajstić information content (AvgIpc) is 2.36. The van der Waals surface area contributed by atoms with Crippen molar-refractivity contribution in [3.05, 3.63) is 0 Å². The molecule has 1 saturated heterocycles. The van der Waals surface area contributed by atoms with Gasteiger partial charge in [-0.2, -0.15) is 4.31 Å². The maximum Gasteiger partial charge on any atom is 0.322 e. The van der Waals surface area contributed by atoms with Gasteiger partial charge in [0.05, 0.1) is 6.61 Å². The van der Waals surface area contributed by atoms with Gasteiger partial charge in [-0.25, -0.2) is 8.42 Å². The molecular formula is C12H24N2O4S. The van der Waals surface area contributed by atoms with E-state index in [1.807, 2.05) is 6.92 Å². The lowest BCUT2D eigenvalue weighted by Gasteiger charge is -2.33. The quantitative estimate of drug-likeness (QED) is 0.685. The number of piperidine rings is 1. The van der Waals surface area contributed by atoms with Crippen LogP contribution in [0.15, 0.2) is 0 Å². The topological polar surface area (TPSA) is 75.7 Å². The Bertz CT molecular complexity index is 377. The summed E-state index contributed by atoms with van der Waals surface area (Å²) in [6.45, 7) is 5.91. The van der Waals surface area contributed by atoms with Gasteiger partial charge in [0, 0.05) is 12.6 Å². The van der Waals surface area contributed by atoms with Crippen molar-refractivity contribution in [3.8, 4) is 0 Å². The molecule has 0 saturated carbocycles. The van der Waals surface area contributed by atoms with Crippen molar-refractivity contribution < 1.29 is 17.9 Å². The van der Waals surface area contributed by atoms with Crippen LogP contribution in [0.1, 0.15) is 33.1 Å². The normalized spacial score (nSPS) is 17.6. The molecule has 0 amide bonds. The number of ether oxygens (including phenoxy) is 1. The van der Waals surface area contributed by atoms with E-state index in [-0.39, 0.29) is 12.6 Å². The van der Waals surface area contributed by atoms with Crippen molar-refractivity contribution >= 4 is 16.0 Å². The van der Waals surface area contributed by atoms with Crippen molar-refractivity contribution in [2.24, 2.45) is 0 Å². The zero-order chi connectivity index (χ0) is 14.3. The Morgan fingerprint density at radius 3 is 2.47 bits per heavy atom. The predicted octanol–water partition coefficient (Wildman–Crippen LogP) is 0.343. The number of nitrogens with one attached hydrogen (secondary N) is 1. The molecule has 19 heavy (non-hydrogen) atoms. The van der Waals surface area contributed by atoms with Crippen molar-refractivity contribution in [3.63, 3.8) is 0 Å². The minimum atomic E-state index is -3.57. The van der Waals surface area contributed by atoms with Crippen LogP contribution in [0.3, 0.4) is 0 Å². The maximum atomic E-state index is 12.3. The second-order valence-electron chi connectivity index (χ2n) is 4.65. The van der Waals surface area contributed by atoms with Gasteiger partial charge in [0.1, 0.15) is 0 Å². The Labute approximate surface area is 115 Å². The summed E-state index contributed by atoms with van der Waals surface area (Å²) in [6, 6.07) is 0.000580. The van der Waals surface area contributed by atoms with Crippen LogP contribution in [-0.4, -0.2) is 56.7 Å². The summed E-state index contributed by atoms with van der Waals surface area (Å²) >= 11 is 0. The first-order valence-corrected chi connectivity index (χ1v) is 8.48.